The summed E-state index contributed by atoms with van der Waals surface area (Å²) in [5.74, 6) is -0.953. The smallest absolute Gasteiger partial charge is 1.00 e. The molecule has 3 heterocycles. The zero-order valence-corrected chi connectivity index (χ0v) is 21.4. The summed E-state index contributed by atoms with van der Waals surface area (Å²) in [6, 6.07) is 11.3. The minimum absolute atomic E-state index is 0. The van der Waals surface area contributed by atoms with Gasteiger partial charge >= 0.3 is 20.1 Å². The van der Waals surface area contributed by atoms with Gasteiger partial charge in [-0.2, -0.15) is 0 Å². The van der Waals surface area contributed by atoms with E-state index >= 15 is 0 Å². The summed E-state index contributed by atoms with van der Waals surface area (Å²) < 4.78 is 0. The summed E-state index contributed by atoms with van der Waals surface area (Å²) in [6.07, 6.45) is 15.7. The molecule has 0 unspecified atom stereocenters. The van der Waals surface area contributed by atoms with Crippen molar-refractivity contribution >= 4 is 44.5 Å². The number of nitrogens with zero attached hydrogens (tertiary/aromatic N) is 2. The predicted octanol–water partition coefficient (Wildman–Crippen LogP) is -1.49. The largest absolute Gasteiger partial charge is 3.00 e. The molecular formula is C25H20Cl2IrN3O2. The Bertz CT molecular complexity index is 1280. The first kappa shape index (κ1) is 27.3. The summed E-state index contributed by atoms with van der Waals surface area (Å²) in [7, 11) is 0. The van der Waals surface area contributed by atoms with Crippen LogP contribution in [0.4, 0.5) is 0 Å². The molecule has 1 aliphatic heterocycles. The molecule has 8 heteroatoms. The van der Waals surface area contributed by atoms with Crippen molar-refractivity contribution in [2.75, 3.05) is 0 Å². The molecule has 0 bridgehead atoms. The van der Waals surface area contributed by atoms with Crippen molar-refractivity contribution in [2.45, 2.75) is 25.7 Å². The zero-order chi connectivity index (χ0) is 20.5. The Labute approximate surface area is 218 Å². The first-order valence-corrected chi connectivity index (χ1v) is 10.2. The monoisotopic (exact) mass is 657 g/mol. The van der Waals surface area contributed by atoms with E-state index in [1.54, 1.807) is 18.3 Å². The molecule has 0 atom stereocenters. The van der Waals surface area contributed by atoms with Gasteiger partial charge in [-0.25, -0.2) is 4.99 Å². The van der Waals surface area contributed by atoms with Crippen LogP contribution in [0.25, 0.3) is 32.7 Å². The summed E-state index contributed by atoms with van der Waals surface area (Å²) in [5.41, 5.74) is 3.12. The fourth-order valence-corrected chi connectivity index (χ4v) is 4.14. The number of H-pyrrole nitrogens is 1. The molecule has 4 radical (unpaired) electrons. The van der Waals surface area contributed by atoms with Gasteiger partial charge in [0.15, 0.2) is 0 Å². The third kappa shape index (κ3) is 5.09. The molecule has 2 aromatic heterocycles. The maximum absolute atomic E-state index is 12.3. The SMILES string of the molecule is O=C1N=C([O-])c2c1c1cccnc1c1[nH]c3ccccc3c21.[CH]1[CH]CC[CH][CH]CC1.[Cl-].[Cl-].[Ir+3]. The van der Waals surface area contributed by atoms with Crippen LogP contribution in [0.3, 0.4) is 0 Å². The molecule has 1 N–H and O–H groups in total. The first-order chi connectivity index (χ1) is 14.8. The standard InChI is InChI=1S/C17H9N3O2.C8H12.2ClH.Ir/c21-16-12-9-5-3-7-18-14(9)15-11(13(12)17(22)20-16)8-4-1-2-6-10(8)19-15;1-2-4-6-8-7-5-3-1;;;/h1-7,19H,(H,20,21,22);1-2,7-8H,3-6H2;2*1H;/q;;;;+3/p-3. The number of halogens is 2. The van der Waals surface area contributed by atoms with Gasteiger partial charge in [0.2, 0.25) is 0 Å². The van der Waals surface area contributed by atoms with Crippen LogP contribution in [0.5, 0.6) is 0 Å². The number of benzene rings is 2. The van der Waals surface area contributed by atoms with Crippen LogP contribution in [0.15, 0.2) is 47.6 Å². The Morgan fingerprint density at radius 3 is 2.09 bits per heavy atom. The molecule has 33 heavy (non-hydrogen) atoms. The maximum atomic E-state index is 12.3. The Hall–Kier alpha value is -1.98. The average Bonchev–Trinajstić information content (AvgIpc) is 3.25. The summed E-state index contributed by atoms with van der Waals surface area (Å²) in [6.45, 7) is 0. The zero-order valence-electron chi connectivity index (χ0n) is 17.5. The van der Waals surface area contributed by atoms with E-state index in [0.717, 1.165) is 21.8 Å². The average molecular weight is 658 g/mol. The summed E-state index contributed by atoms with van der Waals surface area (Å²) in [4.78, 5) is 23.5. The van der Waals surface area contributed by atoms with Gasteiger partial charge in [0, 0.05) is 39.3 Å². The van der Waals surface area contributed by atoms with Gasteiger partial charge in [0.05, 0.1) is 16.6 Å². The van der Waals surface area contributed by atoms with Gasteiger partial charge in [-0.05, 0) is 63.5 Å². The molecule has 170 valence electrons. The van der Waals surface area contributed by atoms with Crippen LogP contribution in [0, 0.1) is 25.7 Å². The number of hydrogen-bond donors (Lipinski definition) is 1. The molecule has 0 spiro atoms. The number of aliphatic imine (C=N–C) groups is 1. The van der Waals surface area contributed by atoms with Crippen molar-refractivity contribution < 1.29 is 54.8 Å². The second-order valence-corrected chi connectivity index (χ2v) is 7.39. The number of fused-ring (bicyclic) bond motifs is 8. The molecule has 6 rings (SSSR count). The van der Waals surface area contributed by atoms with E-state index in [2.05, 4.69) is 40.6 Å². The number of amides is 1. The van der Waals surface area contributed by atoms with E-state index in [1.165, 1.54) is 25.7 Å². The molecule has 1 amide bonds. The van der Waals surface area contributed by atoms with E-state index < -0.39 is 11.8 Å². The topological polar surface area (TPSA) is 81.2 Å². The number of nitrogens with one attached hydrogen (secondary N) is 1. The summed E-state index contributed by atoms with van der Waals surface area (Å²) >= 11 is 0. The first-order valence-electron chi connectivity index (χ1n) is 10.2. The van der Waals surface area contributed by atoms with Crippen molar-refractivity contribution in [2.24, 2.45) is 4.99 Å². The Morgan fingerprint density at radius 1 is 0.818 bits per heavy atom. The molecule has 2 aliphatic rings. The van der Waals surface area contributed by atoms with E-state index in [9.17, 15) is 9.90 Å². The van der Waals surface area contributed by atoms with Gasteiger partial charge in [-0.3, -0.25) is 9.78 Å². The van der Waals surface area contributed by atoms with Crippen molar-refractivity contribution in [3.8, 4) is 0 Å². The number of aromatic nitrogens is 2. The molecule has 5 nitrogen and oxygen atoms in total. The van der Waals surface area contributed by atoms with Gasteiger partial charge in [-0.1, -0.05) is 24.3 Å². The number of carbonyl (C=O) groups excluding carboxylic acids is 1. The number of rotatable bonds is 0. The molecule has 1 aliphatic carbocycles. The van der Waals surface area contributed by atoms with Crippen molar-refractivity contribution in [3.63, 3.8) is 0 Å². The van der Waals surface area contributed by atoms with E-state index in [-0.39, 0.29) is 44.9 Å². The van der Waals surface area contributed by atoms with Gasteiger partial charge < -0.3 is 34.9 Å². The number of carbonyl (C=O) groups is 1. The van der Waals surface area contributed by atoms with E-state index in [0.29, 0.717) is 22.0 Å². The van der Waals surface area contributed by atoms with E-state index in [4.69, 9.17) is 0 Å². The molecule has 0 saturated heterocycles. The minimum atomic E-state index is -0.481. The fraction of sp³-hybridized carbons (Fsp3) is 0.160. The second kappa shape index (κ2) is 11.9. The third-order valence-corrected chi connectivity index (χ3v) is 5.48. The maximum Gasteiger partial charge on any atom is 3.00 e. The van der Waals surface area contributed by atoms with Gasteiger partial charge in [0.25, 0.3) is 5.91 Å². The Balaban J connectivity index is 0.000000304. The molecule has 1 fully saturated rings. The van der Waals surface area contributed by atoms with Crippen LogP contribution < -0.4 is 29.9 Å². The molecule has 1 saturated carbocycles. The molecule has 4 aromatic rings. The predicted molar refractivity (Wildman–Crippen MR) is 118 cm³/mol. The van der Waals surface area contributed by atoms with Gasteiger partial charge in [-0.15, -0.1) is 0 Å². The van der Waals surface area contributed by atoms with Crippen molar-refractivity contribution in [1.29, 1.82) is 0 Å². The van der Waals surface area contributed by atoms with Crippen LogP contribution in [0.2, 0.25) is 0 Å². The van der Waals surface area contributed by atoms with Crippen molar-refractivity contribution in [1.82, 2.24) is 9.97 Å². The second-order valence-electron chi connectivity index (χ2n) is 7.39. The van der Waals surface area contributed by atoms with Crippen molar-refractivity contribution in [3.05, 3.63) is 79.4 Å². The van der Waals surface area contributed by atoms with Crippen LogP contribution in [-0.4, -0.2) is 21.8 Å². The molecular weight excluding hydrogens is 637 g/mol. The Kier molecular flexibility index (Phi) is 9.86. The van der Waals surface area contributed by atoms with Crippen LogP contribution in [-0.2, 0) is 20.1 Å². The van der Waals surface area contributed by atoms with Crippen LogP contribution in [0.1, 0.15) is 41.6 Å². The fourth-order valence-electron chi connectivity index (χ4n) is 4.14. The van der Waals surface area contributed by atoms with E-state index in [1.807, 2.05) is 24.3 Å². The summed E-state index contributed by atoms with van der Waals surface area (Å²) in [5, 5.41) is 14.6. The number of aromatic amines is 1. The quantitative estimate of drug-likeness (QED) is 0.251. The number of hydrogen-bond acceptors (Lipinski definition) is 3. The normalized spacial score (nSPS) is 15.2. The third-order valence-electron chi connectivity index (χ3n) is 5.48. The number of para-hydroxylation sites is 1. The van der Waals surface area contributed by atoms with Gasteiger partial charge in [0.1, 0.15) is 0 Å². The number of pyridine rings is 1. The minimum Gasteiger partial charge on any atom is -1.00 e. The molecule has 2 aromatic carbocycles. The van der Waals surface area contributed by atoms with Crippen LogP contribution >= 0.6 is 0 Å². The Morgan fingerprint density at radius 2 is 1.42 bits per heavy atom.